The van der Waals surface area contributed by atoms with Crippen LogP contribution in [0.2, 0.25) is 0 Å². The van der Waals surface area contributed by atoms with Crippen LogP contribution in [0, 0.1) is 0 Å². The van der Waals surface area contributed by atoms with Crippen molar-refractivity contribution in [3.05, 3.63) is 119 Å². The lowest BCUT2D eigenvalue weighted by Gasteiger charge is -2.24. The van der Waals surface area contributed by atoms with Crippen LogP contribution in [0.25, 0.3) is 0 Å². The molecule has 4 aromatic rings. The summed E-state index contributed by atoms with van der Waals surface area (Å²) in [5, 5.41) is 0. The van der Waals surface area contributed by atoms with Crippen LogP contribution < -0.4 is 14.2 Å². The summed E-state index contributed by atoms with van der Waals surface area (Å²) in [7, 11) is 1.36. The number of ether oxygens (including phenoxy) is 3. The molecule has 12 heteroatoms. The zero-order chi connectivity index (χ0) is 32.6. The fraction of sp³-hybridized carbons (Fsp3) is 0.212. The van der Waals surface area contributed by atoms with Crippen molar-refractivity contribution in [3.63, 3.8) is 0 Å². The van der Waals surface area contributed by atoms with Gasteiger partial charge in [0.1, 0.15) is 18.1 Å². The third-order valence-corrected chi connectivity index (χ3v) is 6.51. The molecule has 0 saturated heterocycles. The van der Waals surface area contributed by atoms with Crippen molar-refractivity contribution in [3.8, 4) is 17.4 Å². The number of hydrogen-bond acceptors (Lipinski definition) is 9. The van der Waals surface area contributed by atoms with E-state index in [1.165, 1.54) is 37.6 Å². The van der Waals surface area contributed by atoms with Crippen molar-refractivity contribution < 1.29 is 51.5 Å². The number of carbonyl (C=O) groups excluding carboxylic acids is 3. The molecule has 0 bridgehead atoms. The van der Waals surface area contributed by atoms with E-state index in [2.05, 4.69) is 14.8 Å². The van der Waals surface area contributed by atoms with E-state index in [9.17, 15) is 27.6 Å². The van der Waals surface area contributed by atoms with Gasteiger partial charge >= 0.3 is 18.1 Å². The third-order valence-electron chi connectivity index (χ3n) is 6.51. The van der Waals surface area contributed by atoms with Crippen LogP contribution in [0.15, 0.2) is 97.2 Å². The van der Waals surface area contributed by atoms with Crippen molar-refractivity contribution in [2.24, 2.45) is 0 Å². The van der Waals surface area contributed by atoms with Gasteiger partial charge in [0.25, 0.3) is 0 Å². The normalized spacial score (nSPS) is 11.4. The SMILES string of the molecule is COc1ccc(C(=O)c2ccc(OCC(c3ccccc3)c3ccccc3)nc2)c(OC(C)(C)C(=O)OOC(=O)C(F)(F)F)c1. The molecular weight excluding hydrogens is 595 g/mol. The van der Waals surface area contributed by atoms with Gasteiger partial charge in [-0.3, -0.25) is 4.79 Å². The molecule has 9 nitrogen and oxygen atoms in total. The molecule has 234 valence electrons. The van der Waals surface area contributed by atoms with Gasteiger partial charge in [-0.15, -0.1) is 0 Å². The highest BCUT2D eigenvalue weighted by molar-refractivity contribution is 6.10. The zero-order valence-electron chi connectivity index (χ0n) is 24.4. The zero-order valence-corrected chi connectivity index (χ0v) is 24.4. The summed E-state index contributed by atoms with van der Waals surface area (Å²) in [4.78, 5) is 48.7. The third kappa shape index (κ3) is 8.37. The molecule has 0 spiro atoms. The van der Waals surface area contributed by atoms with E-state index in [-0.39, 0.29) is 41.0 Å². The average Bonchev–Trinajstić information content (AvgIpc) is 3.03. The van der Waals surface area contributed by atoms with Gasteiger partial charge in [-0.05, 0) is 43.2 Å². The maximum atomic E-state index is 13.5. The highest BCUT2D eigenvalue weighted by Gasteiger charge is 2.44. The van der Waals surface area contributed by atoms with Crippen LogP contribution in [0.5, 0.6) is 17.4 Å². The van der Waals surface area contributed by atoms with Gasteiger partial charge in [-0.25, -0.2) is 24.3 Å². The number of carbonyl (C=O) groups is 3. The molecular formula is C33H28F3NO8. The summed E-state index contributed by atoms with van der Waals surface area (Å²) in [6.07, 6.45) is -4.06. The largest absolute Gasteiger partial charge is 0.497 e. The Labute approximate surface area is 256 Å². The number of alkyl halides is 3. The van der Waals surface area contributed by atoms with E-state index in [0.29, 0.717) is 0 Å². The Hall–Kier alpha value is -5.39. The lowest BCUT2D eigenvalue weighted by atomic mass is 9.92. The Morgan fingerprint density at radius 1 is 0.800 bits per heavy atom. The molecule has 0 aliphatic rings. The Kier molecular flexibility index (Phi) is 10.1. The summed E-state index contributed by atoms with van der Waals surface area (Å²) in [6.45, 7) is 2.58. The molecule has 0 aliphatic carbocycles. The number of hydrogen-bond donors (Lipinski definition) is 0. The van der Waals surface area contributed by atoms with Crippen molar-refractivity contribution >= 4 is 17.7 Å². The molecule has 0 fully saturated rings. The molecule has 3 aromatic carbocycles. The first-order valence-electron chi connectivity index (χ1n) is 13.5. The molecule has 0 aliphatic heterocycles. The highest BCUT2D eigenvalue weighted by atomic mass is 19.4. The van der Waals surface area contributed by atoms with E-state index in [1.54, 1.807) is 6.07 Å². The number of methoxy groups -OCH3 is 1. The summed E-state index contributed by atoms with van der Waals surface area (Å²) >= 11 is 0. The van der Waals surface area contributed by atoms with Crippen LogP contribution in [0.3, 0.4) is 0 Å². The van der Waals surface area contributed by atoms with Crippen LogP contribution in [-0.2, 0) is 19.4 Å². The van der Waals surface area contributed by atoms with Crippen molar-refractivity contribution in [2.75, 3.05) is 13.7 Å². The fourth-order valence-electron chi connectivity index (χ4n) is 4.12. The Balaban J connectivity index is 1.49. The van der Waals surface area contributed by atoms with Crippen molar-refractivity contribution in [1.29, 1.82) is 0 Å². The van der Waals surface area contributed by atoms with Gasteiger partial charge in [0.15, 0.2) is 5.78 Å². The summed E-state index contributed by atoms with van der Waals surface area (Å²) in [5.41, 5.74) is 0.255. The van der Waals surface area contributed by atoms with E-state index in [0.717, 1.165) is 25.0 Å². The van der Waals surface area contributed by atoms with Crippen LogP contribution >= 0.6 is 0 Å². The number of pyridine rings is 1. The topological polar surface area (TPSA) is 110 Å². The van der Waals surface area contributed by atoms with Crippen molar-refractivity contribution in [1.82, 2.24) is 4.98 Å². The maximum Gasteiger partial charge on any atom is 0.495 e. The minimum absolute atomic E-state index is 0.0207. The fourth-order valence-corrected chi connectivity index (χ4v) is 4.12. The van der Waals surface area contributed by atoms with E-state index in [1.807, 2.05) is 60.7 Å². The second-order valence-electron chi connectivity index (χ2n) is 10.1. The molecule has 0 atom stereocenters. The van der Waals surface area contributed by atoms with E-state index >= 15 is 0 Å². The molecule has 0 saturated carbocycles. The molecule has 1 aromatic heterocycles. The van der Waals surface area contributed by atoms with Crippen LogP contribution in [-0.4, -0.2) is 48.2 Å². The number of rotatable bonds is 11. The Bertz CT molecular complexity index is 1590. The predicted molar refractivity (Wildman–Crippen MR) is 154 cm³/mol. The maximum absolute atomic E-state index is 13.5. The standard InChI is InChI=1S/C33H28F3NO8/c1-32(2,30(39)44-45-31(40)33(34,35)36)43-27-18-24(41-3)15-16-25(27)29(38)23-14-17-28(37-19-23)42-20-26(21-10-6-4-7-11-21)22-12-8-5-9-13-22/h4-19,26H,20H2,1-3H3. The number of benzene rings is 3. The van der Waals surface area contributed by atoms with Gasteiger partial charge in [0.05, 0.1) is 12.7 Å². The second-order valence-corrected chi connectivity index (χ2v) is 10.1. The Morgan fingerprint density at radius 2 is 1.40 bits per heavy atom. The lowest BCUT2D eigenvalue weighted by molar-refractivity contribution is -0.291. The second kappa shape index (κ2) is 13.9. The van der Waals surface area contributed by atoms with Gasteiger partial charge < -0.3 is 14.2 Å². The lowest BCUT2D eigenvalue weighted by Crippen LogP contribution is -2.41. The van der Waals surface area contributed by atoms with Gasteiger partial charge in [-0.2, -0.15) is 13.2 Å². The van der Waals surface area contributed by atoms with Crippen molar-refractivity contribution in [2.45, 2.75) is 31.5 Å². The number of ketones is 1. The molecule has 0 unspecified atom stereocenters. The average molecular weight is 624 g/mol. The van der Waals surface area contributed by atoms with Crippen LogP contribution in [0.1, 0.15) is 46.8 Å². The smallest absolute Gasteiger partial charge is 0.495 e. The molecule has 0 radical (unpaired) electrons. The first-order valence-corrected chi connectivity index (χ1v) is 13.5. The van der Waals surface area contributed by atoms with E-state index < -0.39 is 29.5 Å². The number of halogens is 3. The monoisotopic (exact) mass is 623 g/mol. The Morgan fingerprint density at radius 3 is 1.93 bits per heavy atom. The first-order chi connectivity index (χ1) is 21.4. The molecule has 0 amide bonds. The van der Waals surface area contributed by atoms with E-state index in [4.69, 9.17) is 14.2 Å². The summed E-state index contributed by atoms with van der Waals surface area (Å²) in [6, 6.07) is 27.0. The number of aromatic nitrogens is 1. The molecule has 1 heterocycles. The molecule has 0 N–H and O–H groups in total. The first kappa shape index (κ1) is 32.5. The number of nitrogens with zero attached hydrogens (tertiary/aromatic N) is 1. The van der Waals surface area contributed by atoms with Crippen LogP contribution in [0.4, 0.5) is 13.2 Å². The molecule has 4 rings (SSSR count). The summed E-state index contributed by atoms with van der Waals surface area (Å²) in [5.74, 6) is -4.42. The minimum atomic E-state index is -5.38. The van der Waals surface area contributed by atoms with Gasteiger partial charge in [0, 0.05) is 29.8 Å². The quantitative estimate of drug-likeness (QED) is 0.109. The van der Waals surface area contributed by atoms with Gasteiger partial charge in [-0.1, -0.05) is 60.7 Å². The highest BCUT2D eigenvalue weighted by Crippen LogP contribution is 2.31. The molecule has 45 heavy (non-hydrogen) atoms. The summed E-state index contributed by atoms with van der Waals surface area (Å²) < 4.78 is 54.1. The van der Waals surface area contributed by atoms with Gasteiger partial charge in [0.2, 0.25) is 11.5 Å². The minimum Gasteiger partial charge on any atom is -0.497 e. The predicted octanol–water partition coefficient (Wildman–Crippen LogP) is 6.25.